The standard InChI is InChI=1S/C18H33N5O/c1-13-11-14(2)23(22-13)10-8-9-20-16(19-6)21-15-12-18(5,24-7)17(15,3)4/h11,15H,8-10,12H2,1-7H3,(H2,19,20,21). The highest BCUT2D eigenvalue weighted by molar-refractivity contribution is 5.80. The largest absolute Gasteiger partial charge is 0.378 e. The fourth-order valence-electron chi connectivity index (χ4n) is 3.42. The Morgan fingerprint density at radius 3 is 2.62 bits per heavy atom. The summed E-state index contributed by atoms with van der Waals surface area (Å²) in [7, 11) is 3.61. The van der Waals surface area contributed by atoms with Gasteiger partial charge in [-0.15, -0.1) is 0 Å². The SMILES string of the molecule is CN=C(NCCCn1nc(C)cc1C)NC1CC(C)(OC)C1(C)C. The van der Waals surface area contributed by atoms with Crippen LogP contribution in [0.25, 0.3) is 0 Å². The maximum atomic E-state index is 5.69. The number of guanidine groups is 1. The van der Waals surface area contributed by atoms with E-state index in [0.29, 0.717) is 6.04 Å². The van der Waals surface area contributed by atoms with Gasteiger partial charge in [0.2, 0.25) is 0 Å². The number of aliphatic imine (C=N–C) groups is 1. The number of aromatic nitrogens is 2. The van der Waals surface area contributed by atoms with Gasteiger partial charge in [0.05, 0.1) is 11.3 Å². The number of nitrogens with one attached hydrogen (secondary N) is 2. The molecule has 0 saturated heterocycles. The number of nitrogens with zero attached hydrogens (tertiary/aromatic N) is 3. The Hall–Kier alpha value is -1.56. The van der Waals surface area contributed by atoms with Gasteiger partial charge in [0, 0.05) is 44.4 Å². The summed E-state index contributed by atoms with van der Waals surface area (Å²) < 4.78 is 7.75. The molecule has 0 radical (unpaired) electrons. The van der Waals surface area contributed by atoms with Crippen LogP contribution >= 0.6 is 0 Å². The average molecular weight is 335 g/mol. The zero-order valence-corrected chi connectivity index (χ0v) is 16.2. The number of hydrogen-bond donors (Lipinski definition) is 2. The Kier molecular flexibility index (Phi) is 5.58. The second kappa shape index (κ2) is 7.13. The lowest BCUT2D eigenvalue weighted by atomic mass is 9.56. The van der Waals surface area contributed by atoms with Crippen LogP contribution in [-0.4, -0.2) is 48.1 Å². The summed E-state index contributed by atoms with van der Waals surface area (Å²) in [5.41, 5.74) is 2.29. The van der Waals surface area contributed by atoms with Gasteiger partial charge >= 0.3 is 0 Å². The molecule has 2 rings (SSSR count). The van der Waals surface area contributed by atoms with Crippen molar-refractivity contribution in [1.29, 1.82) is 0 Å². The van der Waals surface area contributed by atoms with Crippen LogP contribution < -0.4 is 10.6 Å². The van der Waals surface area contributed by atoms with Crippen LogP contribution in [0.3, 0.4) is 0 Å². The lowest BCUT2D eigenvalue weighted by Gasteiger charge is -2.59. The van der Waals surface area contributed by atoms with Gasteiger partial charge in [-0.1, -0.05) is 13.8 Å². The van der Waals surface area contributed by atoms with Gasteiger partial charge in [0.25, 0.3) is 0 Å². The van der Waals surface area contributed by atoms with E-state index in [9.17, 15) is 0 Å². The molecule has 1 fully saturated rings. The van der Waals surface area contributed by atoms with E-state index in [1.54, 1.807) is 7.11 Å². The monoisotopic (exact) mass is 335 g/mol. The van der Waals surface area contributed by atoms with Crippen LogP contribution in [0, 0.1) is 19.3 Å². The van der Waals surface area contributed by atoms with Crippen molar-refractivity contribution >= 4 is 5.96 Å². The zero-order valence-electron chi connectivity index (χ0n) is 16.2. The normalized spacial score (nSPS) is 26.1. The topological polar surface area (TPSA) is 63.5 Å². The van der Waals surface area contributed by atoms with Crippen LogP contribution in [0.15, 0.2) is 11.1 Å². The minimum atomic E-state index is -0.0704. The molecule has 2 atom stereocenters. The molecule has 0 aromatic carbocycles. The molecule has 136 valence electrons. The smallest absolute Gasteiger partial charge is 0.191 e. The van der Waals surface area contributed by atoms with Crippen LogP contribution in [0.2, 0.25) is 0 Å². The van der Waals surface area contributed by atoms with Crippen LogP contribution in [0.4, 0.5) is 0 Å². The van der Waals surface area contributed by atoms with Crippen LogP contribution in [0.5, 0.6) is 0 Å². The molecule has 6 heteroatoms. The van der Waals surface area contributed by atoms with Crippen molar-refractivity contribution in [2.45, 2.75) is 65.6 Å². The van der Waals surface area contributed by atoms with E-state index >= 15 is 0 Å². The molecule has 1 saturated carbocycles. The van der Waals surface area contributed by atoms with E-state index in [1.165, 1.54) is 5.69 Å². The molecule has 1 aromatic rings. The van der Waals surface area contributed by atoms with Crippen molar-refractivity contribution in [3.63, 3.8) is 0 Å². The first-order valence-electron chi connectivity index (χ1n) is 8.77. The van der Waals surface area contributed by atoms with Gasteiger partial charge in [0.15, 0.2) is 5.96 Å². The highest BCUT2D eigenvalue weighted by Gasteiger charge is 2.58. The van der Waals surface area contributed by atoms with Crippen LogP contribution in [-0.2, 0) is 11.3 Å². The van der Waals surface area contributed by atoms with Crippen molar-refractivity contribution in [2.24, 2.45) is 10.4 Å². The molecule has 2 unspecified atom stereocenters. The van der Waals surface area contributed by atoms with Crippen molar-refractivity contribution in [2.75, 3.05) is 20.7 Å². The third-order valence-electron chi connectivity index (χ3n) is 5.76. The zero-order chi connectivity index (χ0) is 18.0. The van der Waals surface area contributed by atoms with Gasteiger partial charge in [0.1, 0.15) is 0 Å². The molecule has 1 aliphatic carbocycles. The second-order valence-electron chi connectivity index (χ2n) is 7.56. The molecule has 1 aromatic heterocycles. The molecule has 6 nitrogen and oxygen atoms in total. The Morgan fingerprint density at radius 1 is 1.42 bits per heavy atom. The Balaban J connectivity index is 1.77. The molecule has 1 heterocycles. The van der Waals surface area contributed by atoms with Gasteiger partial charge in [-0.3, -0.25) is 9.67 Å². The summed E-state index contributed by atoms with van der Waals surface area (Å²) in [6.07, 6.45) is 2.00. The quantitative estimate of drug-likeness (QED) is 0.475. The predicted molar refractivity (Wildman–Crippen MR) is 98.4 cm³/mol. The number of methoxy groups -OCH3 is 1. The highest BCUT2D eigenvalue weighted by atomic mass is 16.5. The minimum Gasteiger partial charge on any atom is -0.378 e. The van der Waals surface area contributed by atoms with E-state index in [4.69, 9.17) is 4.74 Å². The summed E-state index contributed by atoms with van der Waals surface area (Å²) in [4.78, 5) is 4.35. The summed E-state index contributed by atoms with van der Waals surface area (Å²) in [6.45, 7) is 12.6. The number of ether oxygens (including phenoxy) is 1. The Labute approximate surface area is 146 Å². The molecule has 0 amide bonds. The van der Waals surface area contributed by atoms with Gasteiger partial charge in [-0.25, -0.2) is 0 Å². The molecular weight excluding hydrogens is 302 g/mol. The van der Waals surface area contributed by atoms with Crippen molar-refractivity contribution in [1.82, 2.24) is 20.4 Å². The van der Waals surface area contributed by atoms with E-state index in [2.05, 4.69) is 59.2 Å². The van der Waals surface area contributed by atoms with E-state index in [1.807, 2.05) is 14.0 Å². The fraction of sp³-hybridized carbons (Fsp3) is 0.778. The molecule has 2 N–H and O–H groups in total. The van der Waals surface area contributed by atoms with E-state index in [0.717, 1.165) is 37.6 Å². The predicted octanol–water partition coefficient (Wildman–Crippen LogP) is 2.26. The molecule has 24 heavy (non-hydrogen) atoms. The first kappa shape index (κ1) is 18.8. The van der Waals surface area contributed by atoms with E-state index < -0.39 is 0 Å². The highest BCUT2D eigenvalue weighted by Crippen LogP contribution is 2.51. The van der Waals surface area contributed by atoms with E-state index in [-0.39, 0.29) is 11.0 Å². The van der Waals surface area contributed by atoms with Crippen molar-refractivity contribution in [3.8, 4) is 0 Å². The van der Waals surface area contributed by atoms with Crippen LogP contribution in [0.1, 0.15) is 45.0 Å². The first-order valence-corrected chi connectivity index (χ1v) is 8.77. The summed E-state index contributed by atoms with van der Waals surface area (Å²) in [5, 5.41) is 11.4. The fourth-order valence-corrected chi connectivity index (χ4v) is 3.42. The lowest BCUT2D eigenvalue weighted by molar-refractivity contribution is -0.176. The summed E-state index contributed by atoms with van der Waals surface area (Å²) in [5.74, 6) is 0.861. The Morgan fingerprint density at radius 2 is 2.12 bits per heavy atom. The lowest BCUT2D eigenvalue weighted by Crippen LogP contribution is -2.69. The van der Waals surface area contributed by atoms with Crippen molar-refractivity contribution in [3.05, 3.63) is 17.5 Å². The number of rotatable bonds is 6. The summed E-state index contributed by atoms with van der Waals surface area (Å²) in [6, 6.07) is 2.48. The van der Waals surface area contributed by atoms with Gasteiger partial charge in [-0.2, -0.15) is 5.10 Å². The maximum absolute atomic E-state index is 5.69. The molecule has 1 aliphatic rings. The second-order valence-corrected chi connectivity index (χ2v) is 7.56. The van der Waals surface area contributed by atoms with Gasteiger partial charge in [-0.05, 0) is 39.7 Å². The minimum absolute atomic E-state index is 0.0704. The number of hydrogen-bond acceptors (Lipinski definition) is 3. The third-order valence-corrected chi connectivity index (χ3v) is 5.76. The first-order chi connectivity index (χ1) is 11.2. The maximum Gasteiger partial charge on any atom is 0.191 e. The van der Waals surface area contributed by atoms with Crippen molar-refractivity contribution < 1.29 is 4.74 Å². The Bertz CT molecular complexity index is 592. The van der Waals surface area contributed by atoms with Gasteiger partial charge < -0.3 is 15.4 Å². The molecule has 0 aliphatic heterocycles. The molecule has 0 bridgehead atoms. The summed E-state index contributed by atoms with van der Waals surface area (Å²) >= 11 is 0. The number of aryl methyl sites for hydroxylation is 3. The average Bonchev–Trinajstić information content (AvgIpc) is 2.86. The third kappa shape index (κ3) is 3.58. The molecule has 0 spiro atoms. The molecular formula is C18H33N5O.